The molecule has 0 aliphatic heterocycles. The molecule has 0 fully saturated rings. The molecule has 0 radical (unpaired) electrons. The Balaban J connectivity index is 1.79. The fourth-order valence-electron chi connectivity index (χ4n) is 3.34. The van der Waals surface area contributed by atoms with Crippen molar-refractivity contribution in [2.45, 2.75) is 31.9 Å². The van der Waals surface area contributed by atoms with Crippen LogP contribution in [0.4, 0.5) is 17.6 Å². The number of ether oxygens (including phenoxy) is 3. The fourth-order valence-corrected chi connectivity index (χ4v) is 3.98. The number of alkyl halides is 3. The molecule has 0 aliphatic carbocycles. The number of carboxylic acids is 1. The van der Waals surface area contributed by atoms with Gasteiger partial charge in [-0.1, -0.05) is 29.3 Å². The van der Waals surface area contributed by atoms with Gasteiger partial charge in [-0.2, -0.15) is 13.2 Å². The van der Waals surface area contributed by atoms with Gasteiger partial charge < -0.3 is 25.1 Å². The van der Waals surface area contributed by atoms with E-state index in [0.29, 0.717) is 22.9 Å². The van der Waals surface area contributed by atoms with Crippen molar-refractivity contribution in [3.8, 4) is 17.2 Å². The minimum absolute atomic E-state index is 0.00235. The Bertz CT molecular complexity index is 1260. The van der Waals surface area contributed by atoms with E-state index < -0.39 is 29.6 Å². The zero-order chi connectivity index (χ0) is 27.3. The van der Waals surface area contributed by atoms with Gasteiger partial charge in [-0.15, -0.1) is 0 Å². The molecule has 0 saturated carbocycles. The van der Waals surface area contributed by atoms with Gasteiger partial charge in [0.05, 0.1) is 22.7 Å². The predicted octanol–water partition coefficient (Wildman–Crippen LogP) is 6.27. The van der Waals surface area contributed by atoms with Crippen LogP contribution in [0.1, 0.15) is 22.3 Å². The van der Waals surface area contributed by atoms with Crippen LogP contribution in [0.25, 0.3) is 0 Å². The molecule has 3 aromatic carbocycles. The largest absolute Gasteiger partial charge is 0.497 e. The number of halogens is 6. The third-order valence-corrected chi connectivity index (χ3v) is 5.76. The fraction of sp³-hybridized carbons (Fsp3) is 0.240. The van der Waals surface area contributed by atoms with E-state index in [4.69, 9.17) is 48.3 Å². The highest BCUT2D eigenvalue weighted by Crippen LogP contribution is 2.37. The zero-order valence-electron chi connectivity index (χ0n) is 19.2. The van der Waals surface area contributed by atoms with Crippen LogP contribution >= 0.6 is 23.2 Å². The average Bonchev–Trinajstić information content (AvgIpc) is 2.82. The third-order valence-electron chi connectivity index (χ3n) is 5.20. The minimum atomic E-state index is -4.84. The smallest absolute Gasteiger partial charge is 0.419 e. The van der Waals surface area contributed by atoms with Crippen LogP contribution in [-0.4, -0.2) is 24.2 Å². The number of carboxylic acid groups (broad SMARTS) is 1. The molecule has 6 nitrogen and oxygen atoms in total. The molecule has 0 spiro atoms. The highest BCUT2D eigenvalue weighted by Gasteiger charge is 2.34. The molecule has 0 amide bonds. The van der Waals surface area contributed by atoms with Crippen molar-refractivity contribution in [3.63, 3.8) is 0 Å². The van der Waals surface area contributed by atoms with E-state index in [1.54, 1.807) is 18.2 Å². The second kappa shape index (κ2) is 11.9. The second-order valence-electron chi connectivity index (χ2n) is 7.90. The monoisotopic (exact) mass is 561 g/mol. The van der Waals surface area contributed by atoms with Gasteiger partial charge >= 0.3 is 12.1 Å². The maximum atomic E-state index is 13.6. The third kappa shape index (κ3) is 7.41. The first kappa shape index (κ1) is 28.4. The Morgan fingerprint density at radius 1 is 1.00 bits per heavy atom. The Kier molecular flexibility index (Phi) is 9.12. The zero-order valence-corrected chi connectivity index (χ0v) is 20.8. The van der Waals surface area contributed by atoms with Gasteiger partial charge in [0.15, 0.2) is 5.75 Å². The average molecular weight is 562 g/mol. The molecule has 3 rings (SSSR count). The maximum absolute atomic E-state index is 13.6. The van der Waals surface area contributed by atoms with Crippen LogP contribution < -0.4 is 19.9 Å². The lowest BCUT2D eigenvalue weighted by Crippen LogP contribution is -2.32. The van der Waals surface area contributed by atoms with Crippen LogP contribution in [0, 0.1) is 5.82 Å². The van der Waals surface area contributed by atoms with Crippen LogP contribution in [0.5, 0.6) is 17.2 Å². The number of methoxy groups -OCH3 is 1. The minimum Gasteiger partial charge on any atom is -0.497 e. The number of nitrogens with two attached hydrogens (primary N) is 1. The summed E-state index contributed by atoms with van der Waals surface area (Å²) in [6, 6.07) is 9.19. The topological polar surface area (TPSA) is 91.0 Å². The number of aliphatic carboxylic acids is 1. The molecular formula is C25H21Cl2F4NO5. The molecule has 3 N–H and O–H groups in total. The molecule has 0 bridgehead atoms. The van der Waals surface area contributed by atoms with Gasteiger partial charge in [-0.3, -0.25) is 4.79 Å². The van der Waals surface area contributed by atoms with Crippen LogP contribution in [0.15, 0.2) is 48.5 Å². The molecule has 0 saturated heterocycles. The van der Waals surface area contributed by atoms with Crippen molar-refractivity contribution in [1.82, 2.24) is 0 Å². The first-order valence-corrected chi connectivity index (χ1v) is 11.4. The van der Waals surface area contributed by atoms with E-state index in [2.05, 4.69) is 0 Å². The highest BCUT2D eigenvalue weighted by molar-refractivity contribution is 6.37. The van der Waals surface area contributed by atoms with Gasteiger partial charge in [-0.05, 0) is 60.0 Å². The van der Waals surface area contributed by atoms with E-state index in [0.717, 1.165) is 6.07 Å². The summed E-state index contributed by atoms with van der Waals surface area (Å²) in [5.41, 5.74) is 5.24. The molecule has 12 heteroatoms. The Hall–Kier alpha value is -3.21. The lowest BCUT2D eigenvalue weighted by molar-refractivity contribution is -0.140. The van der Waals surface area contributed by atoms with Gasteiger partial charge in [0, 0.05) is 5.56 Å². The van der Waals surface area contributed by atoms with Crippen LogP contribution in [0.2, 0.25) is 10.0 Å². The molecule has 198 valence electrons. The number of hydrogen-bond donors (Lipinski definition) is 2. The number of rotatable bonds is 10. The lowest BCUT2D eigenvalue weighted by atomic mass is 10.1. The van der Waals surface area contributed by atoms with Crippen LogP contribution in [0.3, 0.4) is 0 Å². The summed E-state index contributed by atoms with van der Waals surface area (Å²) in [4.78, 5) is 11.0. The summed E-state index contributed by atoms with van der Waals surface area (Å²) in [6.07, 6.45) is -4.84. The molecule has 37 heavy (non-hydrogen) atoms. The maximum Gasteiger partial charge on any atom is 0.419 e. The summed E-state index contributed by atoms with van der Waals surface area (Å²) in [6.45, 7) is -0.389. The Morgan fingerprint density at radius 3 is 2.27 bits per heavy atom. The van der Waals surface area contributed by atoms with E-state index in [-0.39, 0.29) is 46.7 Å². The highest BCUT2D eigenvalue weighted by atomic mass is 35.5. The van der Waals surface area contributed by atoms with Gasteiger partial charge in [-0.25, -0.2) is 4.39 Å². The first-order chi connectivity index (χ1) is 17.4. The summed E-state index contributed by atoms with van der Waals surface area (Å²) in [7, 11) is 1.45. The lowest BCUT2D eigenvalue weighted by Gasteiger charge is -2.16. The molecule has 3 aromatic rings. The van der Waals surface area contributed by atoms with E-state index in [1.807, 2.05) is 0 Å². The first-order valence-electron chi connectivity index (χ1n) is 10.6. The molecular weight excluding hydrogens is 541 g/mol. The van der Waals surface area contributed by atoms with Gasteiger partial charge in [0.1, 0.15) is 36.6 Å². The Morgan fingerprint density at radius 2 is 1.68 bits per heavy atom. The summed E-state index contributed by atoms with van der Waals surface area (Å²) in [5, 5.41) is 9.23. The van der Waals surface area contributed by atoms with Gasteiger partial charge in [0.25, 0.3) is 0 Å². The van der Waals surface area contributed by atoms with Crippen molar-refractivity contribution < 1.29 is 41.7 Å². The van der Waals surface area contributed by atoms with Crippen molar-refractivity contribution in [3.05, 3.63) is 86.6 Å². The molecule has 0 aromatic heterocycles. The summed E-state index contributed by atoms with van der Waals surface area (Å²) >= 11 is 12.6. The Labute approximate surface area is 219 Å². The standard InChI is InChI=1S/C25H21Cl2F4NO5/c1-35-16-3-5-22(36-11-13-2-4-20(28)17(6-13)25(29,30)31)15(10-16)12-37-23-18(26)7-14(8-19(23)27)9-21(32)24(33)34/h2-8,10,21H,9,11-12,32H2,1H3,(H,33,34)/t21-/m0/s1. The van der Waals surface area contributed by atoms with E-state index in [9.17, 15) is 22.4 Å². The predicted molar refractivity (Wildman–Crippen MR) is 129 cm³/mol. The second-order valence-corrected chi connectivity index (χ2v) is 8.71. The number of hydrogen-bond acceptors (Lipinski definition) is 5. The van der Waals surface area contributed by atoms with Crippen molar-refractivity contribution in [2.75, 3.05) is 7.11 Å². The van der Waals surface area contributed by atoms with Crippen LogP contribution in [-0.2, 0) is 30.6 Å². The molecule has 0 heterocycles. The van der Waals surface area contributed by atoms with Crippen molar-refractivity contribution in [2.24, 2.45) is 5.73 Å². The van der Waals surface area contributed by atoms with E-state index in [1.165, 1.54) is 25.3 Å². The van der Waals surface area contributed by atoms with Crippen molar-refractivity contribution in [1.29, 1.82) is 0 Å². The quantitative estimate of drug-likeness (QED) is 0.283. The van der Waals surface area contributed by atoms with Crippen molar-refractivity contribution >= 4 is 29.2 Å². The number of carbonyl (C=O) groups is 1. The summed E-state index contributed by atoms with van der Waals surface area (Å²) < 4.78 is 69.4. The molecule has 0 unspecified atom stereocenters. The summed E-state index contributed by atoms with van der Waals surface area (Å²) in [5.74, 6) is -1.69. The van der Waals surface area contributed by atoms with Gasteiger partial charge in [0.2, 0.25) is 0 Å². The SMILES string of the molecule is COc1ccc(OCc2ccc(F)c(C(F)(F)F)c2)c(COc2c(Cl)cc(C[C@H](N)C(=O)O)cc2Cl)c1. The normalized spacial score (nSPS) is 12.2. The molecule has 1 atom stereocenters. The molecule has 0 aliphatic rings. The number of benzene rings is 3. The van der Waals surface area contributed by atoms with E-state index >= 15 is 0 Å².